The van der Waals surface area contributed by atoms with E-state index in [9.17, 15) is 27.2 Å². The number of ether oxygens (including phenoxy) is 1. The molecule has 1 atom stereocenters. The first-order chi connectivity index (χ1) is 11.7. The zero-order valence-corrected chi connectivity index (χ0v) is 13.6. The Morgan fingerprint density at radius 1 is 1.36 bits per heavy atom. The van der Waals surface area contributed by atoms with Crippen LogP contribution >= 0.6 is 0 Å². The van der Waals surface area contributed by atoms with E-state index in [4.69, 9.17) is 4.74 Å². The van der Waals surface area contributed by atoms with E-state index in [0.717, 1.165) is 0 Å². The van der Waals surface area contributed by atoms with Crippen LogP contribution in [0.25, 0.3) is 0 Å². The number of hydrogen-bond acceptors (Lipinski definition) is 3. The van der Waals surface area contributed by atoms with E-state index in [1.807, 2.05) is 0 Å². The van der Waals surface area contributed by atoms with E-state index >= 15 is 0 Å². The second kappa shape index (κ2) is 7.71. The lowest BCUT2D eigenvalue weighted by atomic mass is 10.1. The second-order valence-electron chi connectivity index (χ2n) is 5.83. The van der Waals surface area contributed by atoms with Crippen molar-refractivity contribution >= 4 is 11.8 Å². The Hall–Kier alpha value is -2.32. The third kappa shape index (κ3) is 5.33. The number of benzene rings is 1. The van der Waals surface area contributed by atoms with Crippen molar-refractivity contribution < 1.29 is 31.9 Å². The minimum atomic E-state index is -4.49. The van der Waals surface area contributed by atoms with Crippen LogP contribution in [0.5, 0.6) is 5.75 Å². The van der Waals surface area contributed by atoms with Crippen molar-refractivity contribution in [3.8, 4) is 5.75 Å². The lowest BCUT2D eigenvalue weighted by Gasteiger charge is -2.22. The van der Waals surface area contributed by atoms with Gasteiger partial charge in [0.2, 0.25) is 11.8 Å². The number of rotatable bonds is 6. The van der Waals surface area contributed by atoms with E-state index in [1.165, 1.54) is 30.1 Å². The summed E-state index contributed by atoms with van der Waals surface area (Å²) in [6, 6.07) is 5.81. The van der Waals surface area contributed by atoms with Gasteiger partial charge in [0.1, 0.15) is 13.2 Å². The van der Waals surface area contributed by atoms with Crippen LogP contribution in [-0.4, -0.2) is 61.1 Å². The topological polar surface area (TPSA) is 49.9 Å². The first-order valence-corrected chi connectivity index (χ1v) is 7.64. The molecule has 0 aromatic heterocycles. The molecule has 2 rings (SSSR count). The molecule has 1 fully saturated rings. The Morgan fingerprint density at radius 2 is 2.04 bits per heavy atom. The predicted octanol–water partition coefficient (Wildman–Crippen LogP) is 2.07. The average Bonchev–Trinajstić information content (AvgIpc) is 2.87. The van der Waals surface area contributed by atoms with Crippen molar-refractivity contribution in [2.75, 3.05) is 33.3 Å². The maximum Gasteiger partial charge on any atom is 0.406 e. The normalized spacial score (nSPS) is 17.7. The molecule has 5 nitrogen and oxygen atoms in total. The summed E-state index contributed by atoms with van der Waals surface area (Å²) < 4.78 is 55.8. The average molecular weight is 362 g/mol. The van der Waals surface area contributed by atoms with Crippen molar-refractivity contribution in [3.05, 3.63) is 30.1 Å². The predicted molar refractivity (Wildman–Crippen MR) is 80.3 cm³/mol. The summed E-state index contributed by atoms with van der Waals surface area (Å²) in [6.07, 6.45) is -4.74. The third-order valence-corrected chi connectivity index (χ3v) is 3.83. The summed E-state index contributed by atoms with van der Waals surface area (Å²) in [6.45, 7) is -1.46. The van der Waals surface area contributed by atoms with Crippen molar-refractivity contribution in [1.82, 2.24) is 9.80 Å². The first kappa shape index (κ1) is 19.0. The monoisotopic (exact) mass is 362 g/mol. The van der Waals surface area contributed by atoms with Gasteiger partial charge in [0.05, 0.1) is 12.5 Å². The molecule has 0 spiro atoms. The fourth-order valence-corrected chi connectivity index (χ4v) is 2.58. The standard InChI is InChI=1S/C16H18F4N2O3/c1-21(6-7-25-13-5-3-2-4-12(13)17)15(24)11-8-14(23)22(9-11)10-16(18,19)20/h2-5,11H,6-10H2,1H3. The molecule has 0 aliphatic carbocycles. The molecule has 1 aromatic carbocycles. The van der Waals surface area contributed by atoms with Crippen LogP contribution in [0, 0.1) is 11.7 Å². The molecule has 1 aliphatic rings. The number of carbonyl (C=O) groups is 2. The number of likely N-dealkylation sites (tertiary alicyclic amines) is 1. The SMILES string of the molecule is CN(CCOc1ccccc1F)C(=O)C1CC(=O)N(CC(F)(F)F)C1. The molecule has 25 heavy (non-hydrogen) atoms. The number of nitrogens with zero attached hydrogens (tertiary/aromatic N) is 2. The summed E-state index contributed by atoms with van der Waals surface area (Å²) >= 11 is 0. The number of hydrogen-bond donors (Lipinski definition) is 0. The van der Waals surface area contributed by atoms with Crippen molar-refractivity contribution in [1.29, 1.82) is 0 Å². The van der Waals surface area contributed by atoms with Crippen molar-refractivity contribution in [3.63, 3.8) is 0 Å². The molecule has 0 radical (unpaired) electrons. The van der Waals surface area contributed by atoms with E-state index in [0.29, 0.717) is 4.90 Å². The highest BCUT2D eigenvalue weighted by Crippen LogP contribution is 2.25. The van der Waals surface area contributed by atoms with Crippen molar-refractivity contribution in [2.45, 2.75) is 12.6 Å². The Kier molecular flexibility index (Phi) is 5.86. The van der Waals surface area contributed by atoms with E-state index in [1.54, 1.807) is 6.07 Å². The van der Waals surface area contributed by atoms with E-state index < -0.39 is 36.3 Å². The minimum Gasteiger partial charge on any atom is -0.489 e. The van der Waals surface area contributed by atoms with Gasteiger partial charge in [0.15, 0.2) is 11.6 Å². The number of amides is 2. The molecule has 2 amide bonds. The number of carbonyl (C=O) groups excluding carboxylic acids is 2. The van der Waals surface area contributed by atoms with Gasteiger partial charge >= 0.3 is 6.18 Å². The minimum absolute atomic E-state index is 0.0239. The Balaban J connectivity index is 1.82. The van der Waals surface area contributed by atoms with Crippen LogP contribution < -0.4 is 4.74 Å². The Labute approximate surface area is 142 Å². The van der Waals surface area contributed by atoms with E-state index in [-0.39, 0.29) is 31.9 Å². The molecule has 1 saturated heterocycles. The van der Waals surface area contributed by atoms with Crippen LogP contribution in [0.3, 0.4) is 0 Å². The quantitative estimate of drug-likeness (QED) is 0.728. The zero-order chi connectivity index (χ0) is 18.6. The van der Waals surface area contributed by atoms with Crippen LogP contribution in [0.1, 0.15) is 6.42 Å². The first-order valence-electron chi connectivity index (χ1n) is 7.64. The largest absolute Gasteiger partial charge is 0.489 e. The van der Waals surface area contributed by atoms with Gasteiger partial charge in [0.25, 0.3) is 0 Å². The third-order valence-electron chi connectivity index (χ3n) is 3.83. The lowest BCUT2D eigenvalue weighted by molar-refractivity contribution is -0.157. The lowest BCUT2D eigenvalue weighted by Crippen LogP contribution is -2.39. The van der Waals surface area contributed by atoms with Crippen LogP contribution in [0.2, 0.25) is 0 Å². The summed E-state index contributed by atoms with van der Waals surface area (Å²) in [5, 5.41) is 0. The van der Waals surface area contributed by atoms with Crippen molar-refractivity contribution in [2.24, 2.45) is 5.92 Å². The van der Waals surface area contributed by atoms with Gasteiger partial charge < -0.3 is 14.5 Å². The van der Waals surface area contributed by atoms with Gasteiger partial charge in [-0.25, -0.2) is 4.39 Å². The fraction of sp³-hybridized carbons (Fsp3) is 0.500. The smallest absolute Gasteiger partial charge is 0.406 e. The van der Waals surface area contributed by atoms with Gasteiger partial charge in [-0.2, -0.15) is 13.2 Å². The number of alkyl halides is 3. The van der Waals surface area contributed by atoms with Crippen LogP contribution in [0.15, 0.2) is 24.3 Å². The van der Waals surface area contributed by atoms with Crippen LogP contribution in [0.4, 0.5) is 17.6 Å². The number of likely N-dealkylation sites (N-methyl/N-ethyl adjacent to an activating group) is 1. The van der Waals surface area contributed by atoms with Crippen LogP contribution in [-0.2, 0) is 9.59 Å². The summed E-state index contributed by atoms with van der Waals surface area (Å²) in [5.41, 5.74) is 0. The van der Waals surface area contributed by atoms with Gasteiger partial charge in [0, 0.05) is 20.0 Å². The fourth-order valence-electron chi connectivity index (χ4n) is 2.58. The zero-order valence-electron chi connectivity index (χ0n) is 13.6. The second-order valence-corrected chi connectivity index (χ2v) is 5.83. The molecule has 0 N–H and O–H groups in total. The molecule has 0 saturated carbocycles. The summed E-state index contributed by atoms with van der Waals surface area (Å²) in [5.74, 6) is -2.41. The highest BCUT2D eigenvalue weighted by molar-refractivity contribution is 5.89. The van der Waals surface area contributed by atoms with Gasteiger partial charge in [-0.1, -0.05) is 12.1 Å². The highest BCUT2D eigenvalue weighted by atomic mass is 19.4. The Bertz CT molecular complexity index is 636. The van der Waals surface area contributed by atoms with Gasteiger partial charge in [-0.05, 0) is 12.1 Å². The molecule has 1 aliphatic heterocycles. The summed E-state index contributed by atoms with van der Waals surface area (Å²) in [4.78, 5) is 25.8. The maximum atomic E-state index is 13.4. The molecule has 1 unspecified atom stereocenters. The molecule has 138 valence electrons. The highest BCUT2D eigenvalue weighted by Gasteiger charge is 2.41. The van der Waals surface area contributed by atoms with E-state index in [2.05, 4.69) is 0 Å². The molecular formula is C16H18F4N2O3. The number of halogens is 4. The maximum absolute atomic E-state index is 13.4. The molecule has 1 aromatic rings. The molecule has 9 heteroatoms. The molecule has 0 bridgehead atoms. The molecule has 1 heterocycles. The van der Waals surface area contributed by atoms with Gasteiger partial charge in [-0.3, -0.25) is 9.59 Å². The Morgan fingerprint density at radius 3 is 2.68 bits per heavy atom. The summed E-state index contributed by atoms with van der Waals surface area (Å²) in [7, 11) is 1.46. The molecular weight excluding hydrogens is 344 g/mol. The number of para-hydroxylation sites is 1. The van der Waals surface area contributed by atoms with Gasteiger partial charge in [-0.15, -0.1) is 0 Å².